The fourth-order valence-corrected chi connectivity index (χ4v) is 3.36. The van der Waals surface area contributed by atoms with Gasteiger partial charge >= 0.3 is 5.97 Å². The largest absolute Gasteiger partial charge is 0.478 e. The van der Waals surface area contributed by atoms with Crippen molar-refractivity contribution in [3.8, 4) is 11.6 Å². The van der Waals surface area contributed by atoms with Crippen molar-refractivity contribution in [2.24, 2.45) is 0 Å². The predicted molar refractivity (Wildman–Crippen MR) is 116 cm³/mol. The zero-order valence-electron chi connectivity index (χ0n) is 16.7. The van der Waals surface area contributed by atoms with E-state index in [0.717, 1.165) is 17.4 Å². The zero-order chi connectivity index (χ0) is 21.8. The van der Waals surface area contributed by atoms with E-state index in [1.807, 2.05) is 19.1 Å². The molecule has 4 rings (SSSR count). The maximum atomic E-state index is 13.6. The number of fused-ring (bicyclic) bond motifs is 1. The van der Waals surface area contributed by atoms with Gasteiger partial charge in [-0.25, -0.2) is 19.2 Å². The molecule has 0 aliphatic heterocycles. The molecule has 2 heterocycles. The van der Waals surface area contributed by atoms with Gasteiger partial charge < -0.3 is 15.2 Å². The summed E-state index contributed by atoms with van der Waals surface area (Å²) in [5.41, 5.74) is 1.17. The Balaban J connectivity index is 1.70. The number of hydrogen-bond acceptors (Lipinski definition) is 5. The van der Waals surface area contributed by atoms with Crippen LogP contribution in [-0.2, 0) is 0 Å². The number of rotatable bonds is 7. The summed E-state index contributed by atoms with van der Waals surface area (Å²) in [6, 6.07) is 16.2. The van der Waals surface area contributed by atoms with Crippen LogP contribution in [0, 0.1) is 5.82 Å². The number of halogens is 1. The first-order chi connectivity index (χ1) is 15.0. The molecule has 7 heteroatoms. The van der Waals surface area contributed by atoms with Crippen LogP contribution in [0.2, 0.25) is 0 Å². The summed E-state index contributed by atoms with van der Waals surface area (Å²) in [6.45, 7) is 2.02. The van der Waals surface area contributed by atoms with Crippen molar-refractivity contribution in [2.75, 3.05) is 5.32 Å². The van der Waals surface area contributed by atoms with Gasteiger partial charge in [0.05, 0.1) is 17.0 Å². The number of anilines is 1. The number of ether oxygens (including phenoxy) is 1. The van der Waals surface area contributed by atoms with Crippen molar-refractivity contribution in [1.29, 1.82) is 0 Å². The lowest BCUT2D eigenvalue weighted by atomic mass is 10.0. The van der Waals surface area contributed by atoms with E-state index < -0.39 is 11.8 Å². The molecule has 0 saturated heterocycles. The van der Waals surface area contributed by atoms with Gasteiger partial charge in [0.25, 0.3) is 0 Å². The molecule has 0 fully saturated rings. The molecule has 0 unspecified atom stereocenters. The number of benzene rings is 2. The van der Waals surface area contributed by atoms with Crippen LogP contribution in [0.4, 0.5) is 10.2 Å². The molecule has 0 saturated carbocycles. The third-order valence-electron chi connectivity index (χ3n) is 4.93. The molecule has 31 heavy (non-hydrogen) atoms. The molecular formula is C24H20FN3O3. The number of nitrogens with zero attached hydrogens (tertiary/aromatic N) is 2. The topological polar surface area (TPSA) is 84.3 Å². The van der Waals surface area contributed by atoms with Gasteiger partial charge in [-0.15, -0.1) is 0 Å². The summed E-state index contributed by atoms with van der Waals surface area (Å²) in [5.74, 6) is -0.134. The van der Waals surface area contributed by atoms with E-state index >= 15 is 0 Å². The Bertz CT molecular complexity index is 1220. The molecule has 0 amide bonds. The highest BCUT2D eigenvalue weighted by atomic mass is 19.1. The second-order valence-electron chi connectivity index (χ2n) is 6.97. The van der Waals surface area contributed by atoms with Gasteiger partial charge in [-0.3, -0.25) is 0 Å². The summed E-state index contributed by atoms with van der Waals surface area (Å²) in [7, 11) is 0. The van der Waals surface area contributed by atoms with E-state index in [0.29, 0.717) is 22.8 Å². The first-order valence-corrected chi connectivity index (χ1v) is 9.82. The second kappa shape index (κ2) is 8.79. The van der Waals surface area contributed by atoms with Crippen LogP contribution in [0.3, 0.4) is 0 Å². The van der Waals surface area contributed by atoms with E-state index in [4.69, 9.17) is 9.84 Å². The SMILES string of the molecule is CC[C@@H](Nc1nccc2ccnc(Oc3cccc(F)c3)c12)c1ccc(C(=O)O)cc1. The Morgan fingerprint density at radius 2 is 1.84 bits per heavy atom. The van der Waals surface area contributed by atoms with Gasteiger partial charge in [0, 0.05) is 18.5 Å². The highest BCUT2D eigenvalue weighted by molar-refractivity contribution is 5.96. The third kappa shape index (κ3) is 4.45. The van der Waals surface area contributed by atoms with E-state index in [-0.39, 0.29) is 11.6 Å². The molecule has 2 aromatic heterocycles. The molecule has 156 valence electrons. The van der Waals surface area contributed by atoms with Crippen LogP contribution in [0.5, 0.6) is 11.6 Å². The number of carboxylic acids is 1. The van der Waals surface area contributed by atoms with Crippen LogP contribution in [0.15, 0.2) is 73.1 Å². The van der Waals surface area contributed by atoms with Gasteiger partial charge in [-0.05, 0) is 53.8 Å². The number of aromatic nitrogens is 2. The smallest absolute Gasteiger partial charge is 0.335 e. The van der Waals surface area contributed by atoms with E-state index in [1.54, 1.807) is 48.8 Å². The van der Waals surface area contributed by atoms with Crippen molar-refractivity contribution < 1.29 is 19.0 Å². The fourth-order valence-electron chi connectivity index (χ4n) is 3.36. The summed E-state index contributed by atoms with van der Waals surface area (Å²) in [5, 5.41) is 14.1. The summed E-state index contributed by atoms with van der Waals surface area (Å²) in [6.07, 6.45) is 4.06. The number of carbonyl (C=O) groups is 1. The summed E-state index contributed by atoms with van der Waals surface area (Å²) in [4.78, 5) is 20.0. The van der Waals surface area contributed by atoms with Gasteiger partial charge in [-0.2, -0.15) is 0 Å². The van der Waals surface area contributed by atoms with Crippen molar-refractivity contribution in [3.05, 3.63) is 90.0 Å². The Kier molecular flexibility index (Phi) is 5.75. The lowest BCUT2D eigenvalue weighted by molar-refractivity contribution is 0.0697. The highest BCUT2D eigenvalue weighted by Gasteiger charge is 2.16. The molecule has 0 bridgehead atoms. The summed E-state index contributed by atoms with van der Waals surface area (Å²) >= 11 is 0. The van der Waals surface area contributed by atoms with Crippen LogP contribution in [-0.4, -0.2) is 21.0 Å². The molecule has 0 aliphatic carbocycles. The maximum absolute atomic E-state index is 13.6. The molecule has 2 aromatic carbocycles. The van der Waals surface area contributed by atoms with Crippen molar-refractivity contribution in [3.63, 3.8) is 0 Å². The molecule has 6 nitrogen and oxygen atoms in total. The van der Waals surface area contributed by atoms with Gasteiger partial charge in [0.1, 0.15) is 17.4 Å². The first-order valence-electron chi connectivity index (χ1n) is 9.82. The van der Waals surface area contributed by atoms with Gasteiger partial charge in [0.2, 0.25) is 5.88 Å². The van der Waals surface area contributed by atoms with E-state index in [1.165, 1.54) is 12.1 Å². The van der Waals surface area contributed by atoms with Crippen molar-refractivity contribution in [2.45, 2.75) is 19.4 Å². The highest BCUT2D eigenvalue weighted by Crippen LogP contribution is 2.34. The lowest BCUT2D eigenvalue weighted by Gasteiger charge is -2.20. The number of nitrogens with one attached hydrogen (secondary N) is 1. The van der Waals surface area contributed by atoms with Crippen molar-refractivity contribution in [1.82, 2.24) is 9.97 Å². The molecule has 0 aliphatic rings. The minimum atomic E-state index is -0.964. The molecular weight excluding hydrogens is 397 g/mol. The standard InChI is InChI=1S/C24H20FN3O3/c1-2-20(15-6-8-17(9-7-15)24(29)30)28-22-21-16(10-12-26-22)11-13-27-23(21)31-19-5-3-4-18(25)14-19/h3-14,20H,2H2,1H3,(H,26,28)(H,29,30)/t20-/m1/s1. The van der Waals surface area contributed by atoms with E-state index in [9.17, 15) is 9.18 Å². The normalized spacial score (nSPS) is 11.8. The van der Waals surface area contributed by atoms with Crippen LogP contribution >= 0.6 is 0 Å². The third-order valence-corrected chi connectivity index (χ3v) is 4.93. The number of hydrogen-bond donors (Lipinski definition) is 2. The first kappa shape index (κ1) is 20.3. The van der Waals surface area contributed by atoms with Gasteiger partial charge in [-0.1, -0.05) is 25.1 Å². The lowest BCUT2D eigenvalue weighted by Crippen LogP contribution is -2.12. The zero-order valence-corrected chi connectivity index (χ0v) is 16.7. The Morgan fingerprint density at radius 3 is 2.52 bits per heavy atom. The molecule has 0 spiro atoms. The van der Waals surface area contributed by atoms with Crippen LogP contribution in [0.25, 0.3) is 10.8 Å². The molecule has 0 radical (unpaired) electrons. The van der Waals surface area contributed by atoms with Crippen LogP contribution < -0.4 is 10.1 Å². The average Bonchev–Trinajstić information content (AvgIpc) is 2.78. The predicted octanol–water partition coefficient (Wildman–Crippen LogP) is 5.82. The minimum Gasteiger partial charge on any atom is -0.478 e. The van der Waals surface area contributed by atoms with Crippen molar-refractivity contribution >= 4 is 22.6 Å². The number of carboxylic acid groups (broad SMARTS) is 1. The van der Waals surface area contributed by atoms with Crippen LogP contribution in [0.1, 0.15) is 35.3 Å². The Labute approximate surface area is 178 Å². The fraction of sp³-hybridized carbons (Fsp3) is 0.125. The molecule has 4 aromatic rings. The minimum absolute atomic E-state index is 0.108. The summed E-state index contributed by atoms with van der Waals surface area (Å²) < 4.78 is 19.5. The monoisotopic (exact) mass is 417 g/mol. The second-order valence-corrected chi connectivity index (χ2v) is 6.97. The number of aromatic carboxylic acids is 1. The molecule has 2 N–H and O–H groups in total. The quantitative estimate of drug-likeness (QED) is 0.394. The molecule has 1 atom stereocenters. The van der Waals surface area contributed by atoms with E-state index in [2.05, 4.69) is 15.3 Å². The Morgan fingerprint density at radius 1 is 1.10 bits per heavy atom. The Hall–Kier alpha value is -4.00. The van der Waals surface area contributed by atoms with Gasteiger partial charge in [0.15, 0.2) is 0 Å². The average molecular weight is 417 g/mol. The number of pyridine rings is 2. The maximum Gasteiger partial charge on any atom is 0.335 e.